The predicted molar refractivity (Wildman–Crippen MR) is 106 cm³/mol. The van der Waals surface area contributed by atoms with Gasteiger partial charge in [0.25, 0.3) is 11.8 Å². The van der Waals surface area contributed by atoms with Crippen LogP contribution in [0.25, 0.3) is 0 Å². The van der Waals surface area contributed by atoms with Crippen LogP contribution in [0.5, 0.6) is 0 Å². The number of hydrazine groups is 1. The molecule has 8 heteroatoms. The Bertz CT molecular complexity index is 843. The minimum Gasteiger partial charge on any atom is -0.267 e. The largest absolute Gasteiger partial charge is 0.272 e. The smallest absolute Gasteiger partial charge is 0.267 e. The highest BCUT2D eigenvalue weighted by Crippen LogP contribution is 2.26. The van der Waals surface area contributed by atoms with Gasteiger partial charge in [-0.05, 0) is 51.1 Å². The number of hydrogen-bond acceptors (Lipinski definition) is 2. The number of carbonyl (C=O) groups is 2. The van der Waals surface area contributed by atoms with E-state index in [-0.39, 0.29) is 21.2 Å². The number of hydrogen-bond donors (Lipinski definition) is 1. The van der Waals surface area contributed by atoms with Gasteiger partial charge in [0.15, 0.2) is 0 Å². The molecule has 0 unspecified atom stereocenters. The van der Waals surface area contributed by atoms with Crippen LogP contribution < -0.4 is 5.43 Å². The topological polar surface area (TPSA) is 49.4 Å². The number of nitrogens with one attached hydrogen (secondary N) is 1. The van der Waals surface area contributed by atoms with E-state index >= 15 is 0 Å². The first kappa shape index (κ1) is 20.8. The third-order valence-electron chi connectivity index (χ3n) is 3.39. The summed E-state index contributed by atoms with van der Waals surface area (Å²) in [5, 5.41) is 2.19. The zero-order chi connectivity index (χ0) is 19.6. The van der Waals surface area contributed by atoms with Crippen molar-refractivity contribution in [1.82, 2.24) is 10.4 Å². The Labute approximate surface area is 171 Å². The molecule has 0 saturated heterocycles. The molecular weight excluding hydrogens is 418 g/mol. The van der Waals surface area contributed by atoms with Gasteiger partial charge in [0.05, 0.1) is 21.1 Å². The van der Waals surface area contributed by atoms with Gasteiger partial charge in [-0.3, -0.25) is 15.0 Å². The van der Waals surface area contributed by atoms with E-state index in [9.17, 15) is 9.59 Å². The maximum absolute atomic E-state index is 12.9. The van der Waals surface area contributed by atoms with Crippen LogP contribution in [-0.2, 0) is 0 Å². The lowest BCUT2D eigenvalue weighted by Crippen LogP contribution is -2.55. The maximum atomic E-state index is 12.9. The highest BCUT2D eigenvalue weighted by molar-refractivity contribution is 6.43. The van der Waals surface area contributed by atoms with Crippen LogP contribution in [0.15, 0.2) is 36.4 Å². The molecule has 0 aliphatic heterocycles. The molecule has 2 aromatic carbocycles. The fourth-order valence-corrected chi connectivity index (χ4v) is 3.08. The van der Waals surface area contributed by atoms with Crippen LogP contribution in [-0.4, -0.2) is 22.4 Å². The fourth-order valence-electron chi connectivity index (χ4n) is 2.17. The van der Waals surface area contributed by atoms with Crippen LogP contribution in [0.1, 0.15) is 41.5 Å². The van der Waals surface area contributed by atoms with E-state index in [2.05, 4.69) is 5.43 Å². The molecule has 0 radical (unpaired) electrons. The molecule has 0 aliphatic carbocycles. The fraction of sp³-hybridized carbons (Fsp3) is 0.222. The molecule has 0 spiro atoms. The molecule has 0 fully saturated rings. The van der Waals surface area contributed by atoms with E-state index in [1.807, 2.05) is 0 Å². The predicted octanol–water partition coefficient (Wildman–Crippen LogP) is 5.89. The molecule has 0 aromatic heterocycles. The van der Waals surface area contributed by atoms with Crippen molar-refractivity contribution in [3.05, 3.63) is 67.6 Å². The molecule has 4 nitrogen and oxygen atoms in total. The lowest BCUT2D eigenvalue weighted by Gasteiger charge is -2.35. The van der Waals surface area contributed by atoms with Gasteiger partial charge in [-0.25, -0.2) is 5.01 Å². The second-order valence-electron chi connectivity index (χ2n) is 6.51. The van der Waals surface area contributed by atoms with Gasteiger partial charge in [-0.2, -0.15) is 0 Å². The highest BCUT2D eigenvalue weighted by Gasteiger charge is 2.30. The van der Waals surface area contributed by atoms with Crippen LogP contribution in [0, 0.1) is 0 Å². The van der Waals surface area contributed by atoms with E-state index in [1.165, 1.54) is 29.3 Å². The van der Waals surface area contributed by atoms with Gasteiger partial charge in [0.2, 0.25) is 0 Å². The molecule has 26 heavy (non-hydrogen) atoms. The second-order valence-corrected chi connectivity index (χ2v) is 8.17. The third-order valence-corrected chi connectivity index (χ3v) is 4.65. The molecule has 2 rings (SSSR count). The maximum Gasteiger partial charge on any atom is 0.272 e. The molecule has 138 valence electrons. The first-order valence-corrected chi connectivity index (χ1v) is 9.07. The van der Waals surface area contributed by atoms with Crippen LogP contribution in [0.3, 0.4) is 0 Å². The van der Waals surface area contributed by atoms with Gasteiger partial charge < -0.3 is 0 Å². The Kier molecular flexibility index (Phi) is 6.46. The summed E-state index contributed by atoms with van der Waals surface area (Å²) in [6.07, 6.45) is 0. The lowest BCUT2D eigenvalue weighted by molar-refractivity contribution is 0.0358. The Morgan fingerprint density at radius 1 is 0.962 bits per heavy atom. The normalized spacial score (nSPS) is 11.2. The van der Waals surface area contributed by atoms with Crippen molar-refractivity contribution in [2.75, 3.05) is 0 Å². The number of carbonyl (C=O) groups excluding carboxylic acids is 2. The van der Waals surface area contributed by atoms with Crippen molar-refractivity contribution in [3.8, 4) is 0 Å². The molecule has 2 aromatic rings. The molecule has 0 aliphatic rings. The highest BCUT2D eigenvalue weighted by atomic mass is 35.5. The SMILES string of the molecule is CC(C)(C)N(NC(=O)c1cccc(Cl)c1Cl)C(=O)c1cc(Cl)cc(Cl)c1. The average Bonchev–Trinajstić information content (AvgIpc) is 2.52. The molecule has 2 amide bonds. The van der Waals surface area contributed by atoms with Crippen LogP contribution in [0.2, 0.25) is 20.1 Å². The van der Waals surface area contributed by atoms with Gasteiger partial charge in [-0.1, -0.05) is 52.5 Å². The van der Waals surface area contributed by atoms with Crippen molar-refractivity contribution < 1.29 is 9.59 Å². The minimum atomic E-state index is -0.730. The number of amides is 2. The van der Waals surface area contributed by atoms with Crippen molar-refractivity contribution in [2.24, 2.45) is 0 Å². The van der Waals surface area contributed by atoms with Crippen molar-refractivity contribution in [2.45, 2.75) is 26.3 Å². The molecular formula is C18H16Cl4N2O2. The Hall–Kier alpha value is -1.46. The van der Waals surface area contributed by atoms with Gasteiger partial charge in [0, 0.05) is 15.6 Å². The Balaban J connectivity index is 2.38. The summed E-state index contributed by atoms with van der Waals surface area (Å²) >= 11 is 24.0. The number of rotatable bonds is 2. The van der Waals surface area contributed by atoms with E-state index in [0.717, 1.165) is 0 Å². The zero-order valence-electron chi connectivity index (χ0n) is 14.2. The summed E-state index contributed by atoms with van der Waals surface area (Å²) in [6.45, 7) is 5.32. The van der Waals surface area contributed by atoms with Gasteiger partial charge >= 0.3 is 0 Å². The van der Waals surface area contributed by atoms with Crippen LogP contribution >= 0.6 is 46.4 Å². The van der Waals surface area contributed by atoms with Crippen molar-refractivity contribution >= 4 is 58.2 Å². The van der Waals surface area contributed by atoms with Gasteiger partial charge in [0.1, 0.15) is 0 Å². The molecule has 0 atom stereocenters. The van der Waals surface area contributed by atoms with E-state index in [4.69, 9.17) is 46.4 Å². The second kappa shape index (κ2) is 8.05. The van der Waals surface area contributed by atoms with Gasteiger partial charge in [-0.15, -0.1) is 0 Å². The van der Waals surface area contributed by atoms with E-state index < -0.39 is 17.4 Å². The minimum absolute atomic E-state index is 0.110. The third kappa shape index (κ3) is 4.83. The molecule has 0 bridgehead atoms. The quantitative estimate of drug-likeness (QED) is 0.600. The summed E-state index contributed by atoms with van der Waals surface area (Å²) in [6, 6.07) is 9.17. The van der Waals surface area contributed by atoms with E-state index in [0.29, 0.717) is 10.0 Å². The zero-order valence-corrected chi connectivity index (χ0v) is 17.3. The lowest BCUT2D eigenvalue weighted by atomic mass is 10.1. The number of nitrogens with zero attached hydrogens (tertiary/aromatic N) is 1. The van der Waals surface area contributed by atoms with E-state index in [1.54, 1.807) is 32.9 Å². The summed E-state index contributed by atoms with van der Waals surface area (Å²) in [7, 11) is 0. The first-order chi connectivity index (χ1) is 12.0. The Morgan fingerprint density at radius 3 is 2.08 bits per heavy atom. The average molecular weight is 434 g/mol. The van der Waals surface area contributed by atoms with Crippen molar-refractivity contribution in [1.29, 1.82) is 0 Å². The molecule has 0 saturated carbocycles. The summed E-state index contributed by atoms with van der Waals surface area (Å²) < 4.78 is 0. The summed E-state index contributed by atoms with van der Waals surface area (Å²) in [5.41, 5.74) is 2.27. The summed E-state index contributed by atoms with van der Waals surface area (Å²) in [5.74, 6) is -1.03. The Morgan fingerprint density at radius 2 is 1.54 bits per heavy atom. The number of halogens is 4. The number of benzene rings is 2. The standard InChI is InChI=1S/C18H16Cl4N2O2/c1-18(2,3)24(17(26)10-7-11(19)9-12(20)8-10)23-16(25)13-5-4-6-14(21)15(13)22/h4-9H,1-3H3,(H,23,25). The molecule has 1 N–H and O–H groups in total. The summed E-state index contributed by atoms with van der Waals surface area (Å²) in [4.78, 5) is 25.6. The van der Waals surface area contributed by atoms with Crippen LogP contribution in [0.4, 0.5) is 0 Å². The first-order valence-electron chi connectivity index (χ1n) is 7.56. The molecule has 0 heterocycles. The van der Waals surface area contributed by atoms with Crippen molar-refractivity contribution in [3.63, 3.8) is 0 Å². The monoisotopic (exact) mass is 432 g/mol.